The molecule has 0 aliphatic carbocycles. The van der Waals surface area contributed by atoms with Gasteiger partial charge in [-0.15, -0.1) is 0 Å². The number of likely N-dealkylation sites (tertiary alicyclic amines) is 1. The SMILES string of the molecule is CC1CCN(Cc2cc(F)cc(C(F)(F)F)c2)CC1c1ccc2ncn(C)c2c1. The number of aryl methyl sites for hydroxylation is 1. The molecule has 0 amide bonds. The largest absolute Gasteiger partial charge is 0.416 e. The van der Waals surface area contributed by atoms with Gasteiger partial charge in [-0.05, 0) is 66.3 Å². The number of hydrogen-bond donors (Lipinski definition) is 0. The van der Waals surface area contributed by atoms with E-state index in [1.807, 2.05) is 17.7 Å². The number of fused-ring (bicyclic) bond motifs is 1. The topological polar surface area (TPSA) is 21.1 Å². The Balaban J connectivity index is 1.56. The van der Waals surface area contributed by atoms with E-state index >= 15 is 0 Å². The molecule has 1 aliphatic rings. The lowest BCUT2D eigenvalue weighted by atomic mass is 9.81. The quantitative estimate of drug-likeness (QED) is 0.547. The van der Waals surface area contributed by atoms with Crippen LogP contribution in [0.4, 0.5) is 17.6 Å². The summed E-state index contributed by atoms with van der Waals surface area (Å²) in [6.45, 7) is 4.02. The van der Waals surface area contributed by atoms with Gasteiger partial charge in [0.2, 0.25) is 0 Å². The van der Waals surface area contributed by atoms with Gasteiger partial charge < -0.3 is 4.57 Å². The van der Waals surface area contributed by atoms with E-state index in [0.717, 1.165) is 36.6 Å². The highest BCUT2D eigenvalue weighted by Crippen LogP contribution is 2.35. The maximum Gasteiger partial charge on any atom is 0.416 e. The van der Waals surface area contributed by atoms with Crippen LogP contribution in [-0.2, 0) is 19.8 Å². The first-order valence-electron chi connectivity index (χ1n) is 9.70. The molecule has 0 bridgehead atoms. The molecule has 0 N–H and O–H groups in total. The number of benzene rings is 2. The molecule has 2 heterocycles. The predicted molar refractivity (Wildman–Crippen MR) is 104 cm³/mol. The van der Waals surface area contributed by atoms with Crippen LogP contribution in [0.5, 0.6) is 0 Å². The first kappa shape index (κ1) is 19.9. The zero-order valence-corrected chi connectivity index (χ0v) is 16.4. The van der Waals surface area contributed by atoms with Crippen molar-refractivity contribution in [3.8, 4) is 0 Å². The summed E-state index contributed by atoms with van der Waals surface area (Å²) in [5.74, 6) is -0.132. The molecule has 0 saturated carbocycles. The van der Waals surface area contributed by atoms with E-state index in [0.29, 0.717) is 24.1 Å². The second-order valence-electron chi connectivity index (χ2n) is 8.06. The van der Waals surface area contributed by atoms with Gasteiger partial charge in [-0.25, -0.2) is 9.37 Å². The number of halogens is 4. The third kappa shape index (κ3) is 4.15. The fraction of sp³-hybridized carbons (Fsp3) is 0.409. The number of alkyl halides is 3. The first-order chi connectivity index (χ1) is 13.7. The monoisotopic (exact) mass is 405 g/mol. The minimum Gasteiger partial charge on any atom is -0.334 e. The molecule has 7 heteroatoms. The van der Waals surface area contributed by atoms with Crippen molar-refractivity contribution in [2.45, 2.75) is 32.0 Å². The number of imidazole rings is 1. The molecule has 154 valence electrons. The van der Waals surface area contributed by atoms with Crippen LogP contribution < -0.4 is 0 Å². The Morgan fingerprint density at radius 1 is 1.14 bits per heavy atom. The zero-order valence-electron chi connectivity index (χ0n) is 16.4. The Morgan fingerprint density at radius 3 is 2.69 bits per heavy atom. The zero-order chi connectivity index (χ0) is 20.8. The number of rotatable bonds is 3. The maximum atomic E-state index is 13.7. The van der Waals surface area contributed by atoms with Crippen molar-refractivity contribution >= 4 is 11.0 Å². The van der Waals surface area contributed by atoms with Crippen molar-refractivity contribution in [1.29, 1.82) is 0 Å². The minimum absolute atomic E-state index is 0.263. The van der Waals surface area contributed by atoms with Gasteiger partial charge in [-0.2, -0.15) is 13.2 Å². The first-order valence-corrected chi connectivity index (χ1v) is 9.70. The van der Waals surface area contributed by atoms with Gasteiger partial charge in [0.1, 0.15) is 5.82 Å². The molecule has 4 rings (SSSR count). The summed E-state index contributed by atoms with van der Waals surface area (Å²) in [5, 5.41) is 0. The Bertz CT molecular complexity index is 1020. The molecular formula is C22H23F4N3. The van der Waals surface area contributed by atoms with Gasteiger partial charge >= 0.3 is 6.18 Å². The van der Waals surface area contributed by atoms with Crippen LogP contribution in [0.2, 0.25) is 0 Å². The van der Waals surface area contributed by atoms with Crippen LogP contribution in [0.1, 0.15) is 36.0 Å². The van der Waals surface area contributed by atoms with Crippen LogP contribution in [0.3, 0.4) is 0 Å². The molecule has 1 saturated heterocycles. The summed E-state index contributed by atoms with van der Waals surface area (Å²) in [7, 11) is 1.96. The van der Waals surface area contributed by atoms with Gasteiger partial charge in [0.05, 0.1) is 22.9 Å². The summed E-state index contributed by atoms with van der Waals surface area (Å²) >= 11 is 0. The van der Waals surface area contributed by atoms with Crippen LogP contribution in [0.25, 0.3) is 11.0 Å². The fourth-order valence-corrected chi connectivity index (χ4v) is 4.25. The van der Waals surface area contributed by atoms with Crippen molar-refractivity contribution in [1.82, 2.24) is 14.5 Å². The van der Waals surface area contributed by atoms with Crippen LogP contribution in [0, 0.1) is 11.7 Å². The number of nitrogens with zero attached hydrogens (tertiary/aromatic N) is 3. The summed E-state index contributed by atoms with van der Waals surface area (Å²) in [6, 6.07) is 9.05. The summed E-state index contributed by atoms with van der Waals surface area (Å²) in [6.07, 6.45) is -1.82. The molecule has 2 unspecified atom stereocenters. The second kappa shape index (κ2) is 7.44. The predicted octanol–water partition coefficient (Wildman–Crippen LogP) is 5.36. The molecule has 0 spiro atoms. The van der Waals surface area contributed by atoms with E-state index in [1.54, 1.807) is 6.33 Å². The Hall–Kier alpha value is -2.41. The number of hydrogen-bond acceptors (Lipinski definition) is 2. The van der Waals surface area contributed by atoms with Crippen LogP contribution in [0.15, 0.2) is 42.7 Å². The molecule has 3 nitrogen and oxygen atoms in total. The van der Waals surface area contributed by atoms with Crippen molar-refractivity contribution in [3.63, 3.8) is 0 Å². The van der Waals surface area contributed by atoms with Crippen molar-refractivity contribution in [2.75, 3.05) is 13.1 Å². The highest BCUT2D eigenvalue weighted by atomic mass is 19.4. The lowest BCUT2D eigenvalue weighted by Gasteiger charge is -2.37. The average Bonchev–Trinajstić information content (AvgIpc) is 3.02. The van der Waals surface area contributed by atoms with E-state index < -0.39 is 17.6 Å². The lowest BCUT2D eigenvalue weighted by Crippen LogP contribution is -2.38. The Kier molecular flexibility index (Phi) is 5.11. The fourth-order valence-electron chi connectivity index (χ4n) is 4.25. The molecule has 29 heavy (non-hydrogen) atoms. The third-order valence-corrected chi connectivity index (χ3v) is 5.91. The van der Waals surface area contributed by atoms with Gasteiger partial charge in [0.15, 0.2) is 0 Å². The summed E-state index contributed by atoms with van der Waals surface area (Å²) in [4.78, 5) is 6.47. The normalized spacial score (nSPS) is 21.0. The van der Waals surface area contributed by atoms with E-state index in [-0.39, 0.29) is 5.92 Å². The van der Waals surface area contributed by atoms with E-state index in [2.05, 4.69) is 28.9 Å². The van der Waals surface area contributed by atoms with E-state index in [9.17, 15) is 17.6 Å². The maximum absolute atomic E-state index is 13.7. The molecule has 2 atom stereocenters. The van der Waals surface area contributed by atoms with Gasteiger partial charge in [-0.1, -0.05) is 13.0 Å². The molecular weight excluding hydrogens is 382 g/mol. The average molecular weight is 405 g/mol. The van der Waals surface area contributed by atoms with Gasteiger partial charge in [-0.3, -0.25) is 4.90 Å². The molecule has 0 radical (unpaired) electrons. The smallest absolute Gasteiger partial charge is 0.334 e. The van der Waals surface area contributed by atoms with Crippen LogP contribution >= 0.6 is 0 Å². The third-order valence-electron chi connectivity index (χ3n) is 5.91. The molecule has 1 aromatic heterocycles. The summed E-state index contributed by atoms with van der Waals surface area (Å²) < 4.78 is 54.7. The minimum atomic E-state index is -4.55. The standard InChI is InChI=1S/C22H23F4N3/c1-14-5-6-29(11-15-7-17(22(24,25)26)10-18(23)8-15)12-19(14)16-3-4-20-21(9-16)28(2)13-27-20/h3-4,7-10,13-14,19H,5-6,11-12H2,1-2H3. The highest BCUT2D eigenvalue weighted by molar-refractivity contribution is 5.76. The van der Waals surface area contributed by atoms with Crippen LogP contribution in [-0.4, -0.2) is 27.5 Å². The van der Waals surface area contributed by atoms with E-state index in [4.69, 9.17) is 0 Å². The highest BCUT2D eigenvalue weighted by Gasteiger charge is 2.32. The van der Waals surface area contributed by atoms with Gasteiger partial charge in [0, 0.05) is 20.1 Å². The van der Waals surface area contributed by atoms with Crippen molar-refractivity contribution in [2.24, 2.45) is 13.0 Å². The Labute approximate surface area is 167 Å². The number of aromatic nitrogens is 2. The van der Waals surface area contributed by atoms with E-state index in [1.165, 1.54) is 11.6 Å². The summed E-state index contributed by atoms with van der Waals surface area (Å²) in [5.41, 5.74) is 2.63. The molecule has 1 aliphatic heterocycles. The molecule has 1 fully saturated rings. The van der Waals surface area contributed by atoms with Gasteiger partial charge in [0.25, 0.3) is 0 Å². The number of piperidine rings is 1. The second-order valence-corrected chi connectivity index (χ2v) is 8.06. The molecule has 3 aromatic rings. The van der Waals surface area contributed by atoms with Crippen molar-refractivity contribution < 1.29 is 17.6 Å². The molecule has 2 aromatic carbocycles. The Morgan fingerprint density at radius 2 is 1.93 bits per heavy atom. The lowest BCUT2D eigenvalue weighted by molar-refractivity contribution is -0.137. The van der Waals surface area contributed by atoms with Crippen molar-refractivity contribution in [3.05, 3.63) is 65.2 Å².